The van der Waals surface area contributed by atoms with E-state index in [0.717, 1.165) is 18.6 Å². The van der Waals surface area contributed by atoms with E-state index in [2.05, 4.69) is 5.32 Å². The van der Waals surface area contributed by atoms with Crippen LogP contribution in [0.5, 0.6) is 11.5 Å². The molecule has 3 rings (SSSR count). The molecule has 0 radical (unpaired) electrons. The Bertz CT molecular complexity index is 696. The fourth-order valence-corrected chi connectivity index (χ4v) is 2.85. The molecule has 0 atom stereocenters. The Morgan fingerprint density at radius 2 is 1.80 bits per heavy atom. The fourth-order valence-electron chi connectivity index (χ4n) is 2.85. The number of para-hydroxylation sites is 1. The van der Waals surface area contributed by atoms with E-state index in [-0.39, 0.29) is 24.7 Å². The summed E-state index contributed by atoms with van der Waals surface area (Å²) in [5.41, 5.74) is 0.703. The second-order valence-corrected chi connectivity index (χ2v) is 6.13. The number of nitrogens with one attached hydrogen (secondary N) is 1. The zero-order valence-electron chi connectivity index (χ0n) is 14.0. The third kappa shape index (κ3) is 5.21. The zero-order valence-corrected chi connectivity index (χ0v) is 14.0. The minimum Gasteiger partial charge on any atom is -0.490 e. The molecule has 4 nitrogen and oxygen atoms in total. The molecule has 0 aliphatic heterocycles. The molecule has 1 saturated carbocycles. The summed E-state index contributed by atoms with van der Waals surface area (Å²) < 4.78 is 24.6. The van der Waals surface area contributed by atoms with Crippen LogP contribution in [0.15, 0.2) is 48.5 Å². The van der Waals surface area contributed by atoms with E-state index in [0.29, 0.717) is 11.8 Å². The molecule has 0 aromatic heterocycles. The van der Waals surface area contributed by atoms with Crippen molar-refractivity contribution in [2.24, 2.45) is 0 Å². The van der Waals surface area contributed by atoms with Gasteiger partial charge in [-0.05, 0) is 62.1 Å². The van der Waals surface area contributed by atoms with Crippen LogP contribution in [0, 0.1) is 5.82 Å². The highest BCUT2D eigenvalue weighted by molar-refractivity contribution is 5.90. The third-order valence-corrected chi connectivity index (χ3v) is 4.17. The van der Waals surface area contributed by atoms with Gasteiger partial charge in [0.2, 0.25) is 5.91 Å². The van der Waals surface area contributed by atoms with Crippen LogP contribution < -0.4 is 14.8 Å². The molecule has 132 valence electrons. The van der Waals surface area contributed by atoms with Gasteiger partial charge in [0, 0.05) is 5.69 Å². The second-order valence-electron chi connectivity index (χ2n) is 6.13. The Morgan fingerprint density at radius 1 is 1.08 bits per heavy atom. The van der Waals surface area contributed by atoms with Crippen molar-refractivity contribution in [1.82, 2.24) is 0 Å². The Hall–Kier alpha value is -2.56. The van der Waals surface area contributed by atoms with Gasteiger partial charge >= 0.3 is 0 Å². The van der Waals surface area contributed by atoms with Crippen LogP contribution in [0.2, 0.25) is 0 Å². The lowest BCUT2D eigenvalue weighted by Crippen LogP contribution is -2.15. The first-order valence-electron chi connectivity index (χ1n) is 8.64. The zero-order chi connectivity index (χ0) is 17.5. The Labute approximate surface area is 147 Å². The van der Waals surface area contributed by atoms with Crippen LogP contribution in [-0.2, 0) is 4.79 Å². The molecule has 5 heteroatoms. The van der Waals surface area contributed by atoms with Crippen LogP contribution in [-0.4, -0.2) is 18.6 Å². The summed E-state index contributed by atoms with van der Waals surface area (Å²) in [4.78, 5) is 11.9. The maximum Gasteiger partial charge on any atom is 0.227 e. The molecule has 2 aromatic carbocycles. The summed E-state index contributed by atoms with van der Waals surface area (Å²) in [6.45, 7) is 0.121. The third-order valence-electron chi connectivity index (χ3n) is 4.17. The van der Waals surface area contributed by atoms with Gasteiger partial charge in [0.05, 0.1) is 19.1 Å². The first-order valence-corrected chi connectivity index (χ1v) is 8.64. The van der Waals surface area contributed by atoms with Crippen molar-refractivity contribution in [2.75, 3.05) is 11.9 Å². The number of rotatable bonds is 7. The van der Waals surface area contributed by atoms with Gasteiger partial charge in [-0.2, -0.15) is 0 Å². The fraction of sp³-hybridized carbons (Fsp3) is 0.350. The maximum atomic E-state index is 13.4. The van der Waals surface area contributed by atoms with Gasteiger partial charge in [-0.25, -0.2) is 4.39 Å². The molecular formula is C20H22FNO3. The Kier molecular flexibility index (Phi) is 5.88. The molecule has 0 unspecified atom stereocenters. The van der Waals surface area contributed by atoms with Crippen molar-refractivity contribution >= 4 is 11.6 Å². The van der Waals surface area contributed by atoms with Crippen LogP contribution in [0.4, 0.5) is 10.1 Å². The highest BCUT2D eigenvalue weighted by Crippen LogP contribution is 2.25. The van der Waals surface area contributed by atoms with E-state index < -0.39 is 5.82 Å². The number of hydrogen-bond donors (Lipinski definition) is 1. The number of carbonyl (C=O) groups is 1. The van der Waals surface area contributed by atoms with Crippen molar-refractivity contribution in [2.45, 2.75) is 38.2 Å². The van der Waals surface area contributed by atoms with Crippen LogP contribution >= 0.6 is 0 Å². The molecule has 0 bridgehead atoms. The molecular weight excluding hydrogens is 321 g/mol. The number of anilines is 1. The van der Waals surface area contributed by atoms with E-state index in [9.17, 15) is 9.18 Å². The molecule has 0 spiro atoms. The molecule has 2 aromatic rings. The molecule has 25 heavy (non-hydrogen) atoms. The number of benzene rings is 2. The van der Waals surface area contributed by atoms with Gasteiger partial charge in [-0.15, -0.1) is 0 Å². The Morgan fingerprint density at radius 3 is 2.52 bits per heavy atom. The van der Waals surface area contributed by atoms with Gasteiger partial charge in [0.1, 0.15) is 5.75 Å². The molecule has 1 amide bonds. The van der Waals surface area contributed by atoms with Crippen molar-refractivity contribution in [3.05, 3.63) is 54.3 Å². The first-order chi connectivity index (χ1) is 12.2. The lowest BCUT2D eigenvalue weighted by molar-refractivity contribution is -0.116. The van der Waals surface area contributed by atoms with Crippen LogP contribution in [0.3, 0.4) is 0 Å². The van der Waals surface area contributed by atoms with E-state index in [4.69, 9.17) is 9.47 Å². The average Bonchev–Trinajstić information content (AvgIpc) is 3.11. The highest BCUT2D eigenvalue weighted by Gasteiger charge is 2.16. The highest BCUT2D eigenvalue weighted by atomic mass is 19.1. The molecule has 1 aliphatic carbocycles. The van der Waals surface area contributed by atoms with E-state index >= 15 is 0 Å². The summed E-state index contributed by atoms with van der Waals surface area (Å²) in [5, 5.41) is 2.80. The largest absolute Gasteiger partial charge is 0.490 e. The number of halogens is 1. The monoisotopic (exact) mass is 343 g/mol. The topological polar surface area (TPSA) is 47.6 Å². The van der Waals surface area contributed by atoms with Crippen molar-refractivity contribution in [1.29, 1.82) is 0 Å². The minimum absolute atomic E-state index is 0.121. The predicted octanol–water partition coefficient (Wildman–Crippen LogP) is 4.55. The molecule has 1 fully saturated rings. The van der Waals surface area contributed by atoms with E-state index in [1.165, 1.54) is 25.0 Å². The summed E-state index contributed by atoms with van der Waals surface area (Å²) in [6.07, 6.45) is 5.15. The number of carbonyl (C=O) groups excluding carboxylic acids is 1. The predicted molar refractivity (Wildman–Crippen MR) is 94.5 cm³/mol. The van der Waals surface area contributed by atoms with Crippen LogP contribution in [0.1, 0.15) is 32.1 Å². The normalized spacial score (nSPS) is 14.3. The van der Waals surface area contributed by atoms with Gasteiger partial charge in [-0.1, -0.05) is 12.1 Å². The maximum absolute atomic E-state index is 13.4. The summed E-state index contributed by atoms with van der Waals surface area (Å²) in [6, 6.07) is 13.5. The molecule has 1 N–H and O–H groups in total. The summed E-state index contributed by atoms with van der Waals surface area (Å²) in [7, 11) is 0. The van der Waals surface area contributed by atoms with Gasteiger partial charge < -0.3 is 14.8 Å². The lowest BCUT2D eigenvalue weighted by atomic mass is 10.2. The van der Waals surface area contributed by atoms with E-state index in [1.54, 1.807) is 12.1 Å². The SMILES string of the molecule is O=C(CCOc1ccccc1F)Nc1ccc(OC2CCCC2)cc1. The number of amides is 1. The number of ether oxygens (including phenoxy) is 2. The van der Waals surface area contributed by atoms with E-state index in [1.807, 2.05) is 24.3 Å². The van der Waals surface area contributed by atoms with Crippen molar-refractivity contribution in [3.8, 4) is 11.5 Å². The van der Waals surface area contributed by atoms with Crippen molar-refractivity contribution < 1.29 is 18.7 Å². The standard InChI is InChI=1S/C20H22FNO3/c21-18-7-3-4-8-19(18)24-14-13-20(23)22-15-9-11-17(12-10-15)25-16-5-1-2-6-16/h3-4,7-12,16H,1-2,5-6,13-14H2,(H,22,23). The average molecular weight is 343 g/mol. The quantitative estimate of drug-likeness (QED) is 0.802. The number of hydrogen-bond acceptors (Lipinski definition) is 3. The van der Waals surface area contributed by atoms with Gasteiger partial charge in [0.25, 0.3) is 0 Å². The molecule has 1 aliphatic rings. The second kappa shape index (κ2) is 8.51. The first kappa shape index (κ1) is 17.3. The summed E-state index contributed by atoms with van der Waals surface area (Å²) >= 11 is 0. The summed E-state index contributed by atoms with van der Waals surface area (Å²) in [5.74, 6) is 0.373. The van der Waals surface area contributed by atoms with Crippen molar-refractivity contribution in [3.63, 3.8) is 0 Å². The molecule has 0 heterocycles. The van der Waals surface area contributed by atoms with Gasteiger partial charge in [-0.3, -0.25) is 4.79 Å². The van der Waals surface area contributed by atoms with Crippen LogP contribution in [0.25, 0.3) is 0 Å². The van der Waals surface area contributed by atoms with Gasteiger partial charge in [0.15, 0.2) is 11.6 Å². The molecule has 0 saturated heterocycles. The lowest BCUT2D eigenvalue weighted by Gasteiger charge is -2.13. The minimum atomic E-state index is -0.430. The Balaban J connectivity index is 1.42. The smallest absolute Gasteiger partial charge is 0.227 e.